The maximum atomic E-state index is 13.4. The van der Waals surface area contributed by atoms with E-state index < -0.39 is 0 Å². The van der Waals surface area contributed by atoms with E-state index in [0.717, 1.165) is 6.42 Å². The molecule has 8 nitrogen and oxygen atoms in total. The number of amides is 3. The Labute approximate surface area is 209 Å². The number of rotatable bonds is 6. The number of nitrogens with one attached hydrogen (secondary N) is 2. The topological polar surface area (TPSA) is 97.0 Å². The van der Waals surface area contributed by atoms with E-state index >= 15 is 0 Å². The number of hydrogen-bond donors (Lipinski definition) is 2. The molecule has 3 amide bonds. The van der Waals surface area contributed by atoms with E-state index in [0.29, 0.717) is 53.4 Å². The number of fused-ring (bicyclic) bond motifs is 2. The molecule has 2 N–H and O–H groups in total. The van der Waals surface area contributed by atoms with Crippen LogP contribution in [0.4, 0.5) is 5.69 Å². The molecular weight excluding hydrogens is 470 g/mol. The summed E-state index contributed by atoms with van der Waals surface area (Å²) in [5.41, 5.74) is 1.27. The molecule has 3 atom stereocenters. The van der Waals surface area contributed by atoms with Gasteiger partial charge in [0.15, 0.2) is 0 Å². The molecule has 0 aromatic heterocycles. The maximum Gasteiger partial charge on any atom is 0.257 e. The lowest BCUT2D eigenvalue weighted by Gasteiger charge is -2.42. The second-order valence-electron chi connectivity index (χ2n) is 8.90. The number of carbonyl (C=O) groups is 3. The van der Waals surface area contributed by atoms with Crippen molar-refractivity contribution in [3.63, 3.8) is 0 Å². The highest BCUT2D eigenvalue weighted by Gasteiger charge is 2.39. The van der Waals surface area contributed by atoms with Crippen molar-refractivity contribution < 1.29 is 23.9 Å². The van der Waals surface area contributed by atoms with Crippen molar-refractivity contribution in [2.24, 2.45) is 0 Å². The van der Waals surface area contributed by atoms with E-state index in [1.807, 2.05) is 6.92 Å². The molecule has 2 aliphatic rings. The van der Waals surface area contributed by atoms with Gasteiger partial charge in [-0.1, -0.05) is 24.6 Å². The van der Waals surface area contributed by atoms with Gasteiger partial charge in [0.25, 0.3) is 11.8 Å². The third-order valence-corrected chi connectivity index (χ3v) is 6.58. The van der Waals surface area contributed by atoms with Crippen LogP contribution in [0.5, 0.6) is 5.75 Å². The minimum atomic E-state index is -0.336. The van der Waals surface area contributed by atoms with Crippen LogP contribution < -0.4 is 15.4 Å². The monoisotopic (exact) mass is 499 g/mol. The summed E-state index contributed by atoms with van der Waals surface area (Å²) in [4.78, 5) is 39.8. The zero-order chi connectivity index (χ0) is 24.9. The van der Waals surface area contributed by atoms with E-state index in [1.165, 1.54) is 0 Å². The van der Waals surface area contributed by atoms with Crippen LogP contribution in [-0.2, 0) is 9.53 Å². The molecule has 0 bridgehead atoms. The summed E-state index contributed by atoms with van der Waals surface area (Å²) in [5, 5.41) is 6.17. The zero-order valence-electron chi connectivity index (χ0n) is 19.9. The van der Waals surface area contributed by atoms with Gasteiger partial charge in [0.1, 0.15) is 18.5 Å². The summed E-state index contributed by atoms with van der Waals surface area (Å²) < 4.78 is 12.2. The summed E-state index contributed by atoms with van der Waals surface area (Å²) in [5.74, 6) is -0.136. The Morgan fingerprint density at radius 2 is 2.00 bits per heavy atom. The van der Waals surface area contributed by atoms with Crippen LogP contribution in [0.3, 0.4) is 0 Å². The lowest BCUT2D eigenvalue weighted by atomic mass is 9.94. The fourth-order valence-corrected chi connectivity index (χ4v) is 4.67. The summed E-state index contributed by atoms with van der Waals surface area (Å²) in [6, 6.07) is 11.5. The Bertz CT molecular complexity index is 1110. The van der Waals surface area contributed by atoms with E-state index in [1.54, 1.807) is 54.4 Å². The van der Waals surface area contributed by atoms with E-state index in [4.69, 9.17) is 21.1 Å². The highest BCUT2D eigenvalue weighted by molar-refractivity contribution is 6.31. The third-order valence-electron chi connectivity index (χ3n) is 6.34. The Hall–Kier alpha value is -3.10. The highest BCUT2D eigenvalue weighted by Crippen LogP contribution is 2.32. The molecule has 1 saturated heterocycles. The number of hydrogen-bond acceptors (Lipinski definition) is 5. The molecule has 0 saturated carbocycles. The summed E-state index contributed by atoms with van der Waals surface area (Å²) in [6.45, 7) is 2.92. The fraction of sp³-hybridized carbons (Fsp3) is 0.423. The van der Waals surface area contributed by atoms with Crippen molar-refractivity contribution in [3.05, 3.63) is 58.6 Å². The molecule has 0 unspecified atom stereocenters. The first-order chi connectivity index (χ1) is 16.9. The van der Waals surface area contributed by atoms with Crippen molar-refractivity contribution in [3.8, 4) is 5.75 Å². The van der Waals surface area contributed by atoms with Gasteiger partial charge in [0, 0.05) is 29.9 Å². The molecule has 0 aliphatic carbocycles. The van der Waals surface area contributed by atoms with Gasteiger partial charge in [0.2, 0.25) is 5.91 Å². The molecule has 0 spiro atoms. The zero-order valence-corrected chi connectivity index (χ0v) is 20.6. The minimum Gasteiger partial charge on any atom is -0.490 e. The fourth-order valence-electron chi connectivity index (χ4n) is 4.48. The van der Waals surface area contributed by atoms with E-state index in [2.05, 4.69) is 10.6 Å². The molecule has 4 rings (SSSR count). The first kappa shape index (κ1) is 25.0. The predicted molar refractivity (Wildman–Crippen MR) is 133 cm³/mol. The SMILES string of the molecule is CCCNC(=O)C[C@@H]1CC[C@@H]2[C@@H](COc3ccc(NC(=O)c4cccc(Cl)c4)cc3C(=O)N2C)O1. The Morgan fingerprint density at radius 1 is 1.17 bits per heavy atom. The Morgan fingerprint density at radius 3 is 2.77 bits per heavy atom. The molecule has 2 heterocycles. The Kier molecular flexibility index (Phi) is 7.93. The van der Waals surface area contributed by atoms with Crippen LogP contribution in [0.25, 0.3) is 0 Å². The summed E-state index contributed by atoms with van der Waals surface area (Å²) in [7, 11) is 1.75. The smallest absolute Gasteiger partial charge is 0.257 e. The van der Waals surface area contributed by atoms with Gasteiger partial charge in [-0.2, -0.15) is 0 Å². The van der Waals surface area contributed by atoms with Gasteiger partial charge in [-0.05, 0) is 55.7 Å². The number of ether oxygens (including phenoxy) is 2. The number of halogens is 1. The lowest BCUT2D eigenvalue weighted by Crippen LogP contribution is -2.54. The van der Waals surface area contributed by atoms with Gasteiger partial charge in [-0.15, -0.1) is 0 Å². The van der Waals surface area contributed by atoms with Crippen molar-refractivity contribution in [2.45, 2.75) is 50.9 Å². The molecule has 0 radical (unpaired) electrons. The van der Waals surface area contributed by atoms with Crippen LogP contribution in [-0.4, -0.2) is 61.1 Å². The average molecular weight is 500 g/mol. The predicted octanol–water partition coefficient (Wildman–Crippen LogP) is 3.89. The van der Waals surface area contributed by atoms with Gasteiger partial charge < -0.3 is 25.0 Å². The molecule has 2 aliphatic heterocycles. The first-order valence-corrected chi connectivity index (χ1v) is 12.3. The van der Waals surface area contributed by atoms with E-state index in [9.17, 15) is 14.4 Å². The number of nitrogens with zero attached hydrogens (tertiary/aromatic N) is 1. The lowest BCUT2D eigenvalue weighted by molar-refractivity contribution is -0.134. The van der Waals surface area contributed by atoms with Gasteiger partial charge in [-0.25, -0.2) is 0 Å². The quantitative estimate of drug-likeness (QED) is 0.628. The molecule has 186 valence electrons. The minimum absolute atomic E-state index is 0.0239. The van der Waals surface area contributed by atoms with Crippen molar-refractivity contribution >= 4 is 35.0 Å². The van der Waals surface area contributed by atoms with Gasteiger partial charge >= 0.3 is 0 Å². The summed E-state index contributed by atoms with van der Waals surface area (Å²) >= 11 is 5.99. The van der Waals surface area contributed by atoms with Crippen LogP contribution in [0.2, 0.25) is 5.02 Å². The second kappa shape index (κ2) is 11.1. The molecule has 9 heteroatoms. The van der Waals surface area contributed by atoms with Crippen molar-refractivity contribution in [1.29, 1.82) is 0 Å². The number of benzene rings is 2. The standard InChI is InChI=1S/C26H30ClN3O5/c1-3-11-28-24(31)14-19-8-9-21-23(35-19)15-34-22-10-7-18(13-20(22)26(33)30(21)2)29-25(32)16-5-4-6-17(27)12-16/h4-7,10,12-13,19,21,23H,3,8-9,11,14-15H2,1-2H3,(H,28,31)(H,29,32)/t19-,21+,23+/m0/s1. The molecule has 2 aromatic carbocycles. The highest BCUT2D eigenvalue weighted by atomic mass is 35.5. The Balaban J connectivity index is 1.47. The van der Waals surface area contributed by atoms with Crippen LogP contribution in [0.15, 0.2) is 42.5 Å². The second-order valence-corrected chi connectivity index (χ2v) is 9.33. The first-order valence-electron chi connectivity index (χ1n) is 11.9. The maximum absolute atomic E-state index is 13.4. The van der Waals surface area contributed by atoms with Gasteiger partial charge in [0.05, 0.1) is 24.1 Å². The number of anilines is 1. The van der Waals surface area contributed by atoms with Crippen LogP contribution in [0, 0.1) is 0 Å². The normalized spacial score (nSPS) is 21.6. The van der Waals surface area contributed by atoms with Crippen molar-refractivity contribution in [1.82, 2.24) is 10.2 Å². The van der Waals surface area contributed by atoms with Gasteiger partial charge in [-0.3, -0.25) is 14.4 Å². The van der Waals surface area contributed by atoms with Crippen molar-refractivity contribution in [2.75, 3.05) is 25.5 Å². The largest absolute Gasteiger partial charge is 0.490 e. The third kappa shape index (κ3) is 5.94. The number of likely N-dealkylation sites (N-methyl/N-ethyl adjacent to an activating group) is 1. The number of carbonyl (C=O) groups excluding carboxylic acids is 3. The average Bonchev–Trinajstić information content (AvgIpc) is 2.85. The van der Waals surface area contributed by atoms with E-state index in [-0.39, 0.29) is 42.6 Å². The molecule has 1 fully saturated rings. The van der Waals surface area contributed by atoms with Crippen LogP contribution in [0.1, 0.15) is 53.3 Å². The summed E-state index contributed by atoms with van der Waals surface area (Å²) in [6.07, 6.45) is 2.03. The van der Waals surface area contributed by atoms with Crippen LogP contribution >= 0.6 is 11.6 Å². The molecule has 35 heavy (non-hydrogen) atoms. The molecular formula is C26H30ClN3O5. The molecule has 2 aromatic rings.